The fraction of sp³-hybridized carbons (Fsp3) is 0.182. The first kappa shape index (κ1) is 13.6. The summed E-state index contributed by atoms with van der Waals surface area (Å²) >= 11 is 11.3. The Morgan fingerprint density at radius 3 is 1.89 bits per heavy atom. The van der Waals surface area contributed by atoms with Crippen LogP contribution >= 0.6 is 23.2 Å². The summed E-state index contributed by atoms with van der Waals surface area (Å²) in [6, 6.07) is 5.13. The maximum Gasteiger partial charge on any atom is 0.327 e. The third-order valence-electron chi connectivity index (χ3n) is 2.14. The second-order valence-corrected chi connectivity index (χ2v) is 3.93. The molecule has 0 fully saturated rings. The number of halogens is 2. The van der Waals surface area contributed by atoms with E-state index in [4.69, 9.17) is 37.4 Å². The van der Waals surface area contributed by atoms with Crippen molar-refractivity contribution in [1.29, 1.82) is 0 Å². The molecule has 1 aromatic carbocycles. The summed E-state index contributed by atoms with van der Waals surface area (Å²) in [6.07, 6.45) is 0. The Hall–Kier alpha value is -1.79. The molecule has 0 aliphatic carbocycles. The summed E-state index contributed by atoms with van der Waals surface area (Å²) in [7, 11) is 3.02. The highest BCUT2D eigenvalue weighted by Crippen LogP contribution is 2.39. The van der Waals surface area contributed by atoms with Crippen LogP contribution in [-0.4, -0.2) is 29.2 Å². The van der Waals surface area contributed by atoms with Gasteiger partial charge >= 0.3 is 6.01 Å². The number of ether oxygens (including phenoxy) is 3. The number of aromatic nitrogens is 3. The highest BCUT2D eigenvalue weighted by molar-refractivity contribution is 6.31. The molecule has 0 aliphatic heterocycles. The van der Waals surface area contributed by atoms with Crippen molar-refractivity contribution in [3.63, 3.8) is 0 Å². The Bertz CT molecular complexity index is 553. The molecule has 19 heavy (non-hydrogen) atoms. The first-order chi connectivity index (χ1) is 9.13. The van der Waals surface area contributed by atoms with Gasteiger partial charge in [-0.1, -0.05) is 6.07 Å². The van der Waals surface area contributed by atoms with Gasteiger partial charge in [0.15, 0.2) is 11.5 Å². The Labute approximate surface area is 119 Å². The number of benzene rings is 1. The molecule has 0 saturated carbocycles. The van der Waals surface area contributed by atoms with Crippen molar-refractivity contribution < 1.29 is 14.2 Å². The van der Waals surface area contributed by atoms with Gasteiger partial charge in [-0.2, -0.15) is 15.0 Å². The predicted molar refractivity (Wildman–Crippen MR) is 69.5 cm³/mol. The van der Waals surface area contributed by atoms with Crippen LogP contribution in [-0.2, 0) is 0 Å². The molecule has 0 spiro atoms. The minimum absolute atomic E-state index is 0.0483. The van der Waals surface area contributed by atoms with Gasteiger partial charge in [0.25, 0.3) is 0 Å². The lowest BCUT2D eigenvalue weighted by molar-refractivity contribution is 0.336. The van der Waals surface area contributed by atoms with Crippen LogP contribution in [0.5, 0.6) is 23.3 Å². The standard InChI is InChI=1S/C11H9Cl2N3O3/c1-17-6-4-3-5-7(18-2)8(6)19-11-15-9(12)14-10(13)16-11/h3-5H,1-2H3. The lowest BCUT2D eigenvalue weighted by Crippen LogP contribution is -1.99. The SMILES string of the molecule is COc1cccc(OC)c1Oc1nc(Cl)nc(Cl)n1. The van der Waals surface area contributed by atoms with E-state index in [2.05, 4.69) is 15.0 Å². The van der Waals surface area contributed by atoms with Gasteiger partial charge in [-0.05, 0) is 35.3 Å². The number of methoxy groups -OCH3 is 2. The van der Waals surface area contributed by atoms with Crippen molar-refractivity contribution in [2.75, 3.05) is 14.2 Å². The van der Waals surface area contributed by atoms with Gasteiger partial charge in [0.05, 0.1) is 14.2 Å². The van der Waals surface area contributed by atoms with Crippen molar-refractivity contribution in [3.05, 3.63) is 28.8 Å². The van der Waals surface area contributed by atoms with Gasteiger partial charge < -0.3 is 14.2 Å². The van der Waals surface area contributed by atoms with Gasteiger partial charge in [-0.3, -0.25) is 0 Å². The second kappa shape index (κ2) is 5.90. The van der Waals surface area contributed by atoms with E-state index in [0.29, 0.717) is 17.2 Å². The molecular weight excluding hydrogens is 293 g/mol. The minimum Gasteiger partial charge on any atom is -0.493 e. The highest BCUT2D eigenvalue weighted by Gasteiger charge is 2.15. The topological polar surface area (TPSA) is 66.4 Å². The monoisotopic (exact) mass is 301 g/mol. The summed E-state index contributed by atoms with van der Waals surface area (Å²) in [6.45, 7) is 0. The number of hydrogen-bond donors (Lipinski definition) is 0. The molecule has 2 aromatic rings. The van der Waals surface area contributed by atoms with Crippen LogP contribution in [0.3, 0.4) is 0 Å². The maximum atomic E-state index is 5.67. The van der Waals surface area contributed by atoms with Crippen LogP contribution in [0.2, 0.25) is 10.6 Å². The van der Waals surface area contributed by atoms with E-state index in [9.17, 15) is 0 Å². The normalized spacial score (nSPS) is 10.1. The summed E-state index contributed by atoms with van der Waals surface area (Å²) in [5.41, 5.74) is 0. The molecule has 8 heteroatoms. The van der Waals surface area contributed by atoms with Crippen molar-refractivity contribution in [2.24, 2.45) is 0 Å². The molecule has 2 rings (SSSR count). The van der Waals surface area contributed by atoms with E-state index in [-0.39, 0.29) is 16.6 Å². The van der Waals surface area contributed by atoms with E-state index >= 15 is 0 Å². The largest absolute Gasteiger partial charge is 0.493 e. The Morgan fingerprint density at radius 2 is 1.42 bits per heavy atom. The van der Waals surface area contributed by atoms with Gasteiger partial charge in [0, 0.05) is 0 Å². The molecule has 6 nitrogen and oxygen atoms in total. The zero-order chi connectivity index (χ0) is 13.8. The molecule has 0 amide bonds. The van der Waals surface area contributed by atoms with E-state index in [1.165, 1.54) is 14.2 Å². The van der Waals surface area contributed by atoms with Crippen LogP contribution in [0, 0.1) is 0 Å². The van der Waals surface area contributed by atoms with Crippen molar-refractivity contribution in [1.82, 2.24) is 15.0 Å². The van der Waals surface area contributed by atoms with E-state index in [1.807, 2.05) is 0 Å². The molecule has 0 aliphatic rings. The molecule has 0 unspecified atom stereocenters. The van der Waals surface area contributed by atoms with E-state index in [0.717, 1.165) is 0 Å². The number of para-hydroxylation sites is 1. The smallest absolute Gasteiger partial charge is 0.327 e. The average molecular weight is 302 g/mol. The molecule has 0 N–H and O–H groups in total. The number of rotatable bonds is 4. The summed E-state index contributed by atoms with van der Waals surface area (Å²) in [5, 5.41) is -0.132. The first-order valence-corrected chi connectivity index (χ1v) is 5.85. The zero-order valence-electron chi connectivity index (χ0n) is 10.1. The summed E-state index contributed by atoms with van der Waals surface area (Å²) in [5.74, 6) is 1.25. The Balaban J connectivity index is 2.41. The fourth-order valence-electron chi connectivity index (χ4n) is 1.36. The lowest BCUT2D eigenvalue weighted by atomic mass is 10.3. The first-order valence-electron chi connectivity index (χ1n) is 5.10. The number of nitrogens with zero attached hydrogens (tertiary/aromatic N) is 3. The third kappa shape index (κ3) is 3.15. The number of hydrogen-bond acceptors (Lipinski definition) is 6. The lowest BCUT2D eigenvalue weighted by Gasteiger charge is -2.12. The minimum atomic E-state index is -0.0659. The van der Waals surface area contributed by atoms with Gasteiger partial charge in [-0.25, -0.2) is 0 Å². The van der Waals surface area contributed by atoms with Gasteiger partial charge in [-0.15, -0.1) is 0 Å². The third-order valence-corrected chi connectivity index (χ3v) is 2.47. The molecular formula is C11H9Cl2N3O3. The molecule has 0 atom stereocenters. The highest BCUT2D eigenvalue weighted by atomic mass is 35.5. The maximum absolute atomic E-state index is 5.67. The predicted octanol–water partition coefficient (Wildman–Crippen LogP) is 2.99. The molecule has 100 valence electrons. The van der Waals surface area contributed by atoms with Crippen LogP contribution in [0.25, 0.3) is 0 Å². The van der Waals surface area contributed by atoms with Gasteiger partial charge in [0.1, 0.15) is 0 Å². The van der Waals surface area contributed by atoms with Gasteiger partial charge in [0.2, 0.25) is 16.3 Å². The van der Waals surface area contributed by atoms with Crippen LogP contribution in [0.15, 0.2) is 18.2 Å². The molecule has 1 heterocycles. The second-order valence-electron chi connectivity index (χ2n) is 3.25. The molecule has 0 saturated heterocycles. The van der Waals surface area contributed by atoms with Crippen molar-refractivity contribution >= 4 is 23.2 Å². The quantitative estimate of drug-likeness (QED) is 0.865. The summed E-state index contributed by atoms with van der Waals surface area (Å²) < 4.78 is 15.9. The van der Waals surface area contributed by atoms with Crippen LogP contribution in [0.1, 0.15) is 0 Å². The molecule has 0 bridgehead atoms. The molecule has 1 aromatic heterocycles. The Morgan fingerprint density at radius 1 is 0.895 bits per heavy atom. The van der Waals surface area contributed by atoms with E-state index in [1.54, 1.807) is 18.2 Å². The fourth-order valence-corrected chi connectivity index (χ4v) is 1.71. The average Bonchev–Trinajstić information content (AvgIpc) is 2.37. The van der Waals surface area contributed by atoms with Crippen molar-refractivity contribution in [2.45, 2.75) is 0 Å². The van der Waals surface area contributed by atoms with Crippen molar-refractivity contribution in [3.8, 4) is 23.3 Å². The van der Waals surface area contributed by atoms with Crippen LogP contribution < -0.4 is 14.2 Å². The van der Waals surface area contributed by atoms with E-state index < -0.39 is 0 Å². The van der Waals surface area contributed by atoms with Crippen LogP contribution in [0.4, 0.5) is 0 Å². The zero-order valence-corrected chi connectivity index (χ0v) is 11.6. The summed E-state index contributed by atoms with van der Waals surface area (Å²) in [4.78, 5) is 11.2. The Kier molecular flexibility index (Phi) is 4.24. The molecule has 0 radical (unpaired) electrons.